The molecule has 6 heteroatoms. The van der Waals surface area contributed by atoms with Crippen molar-refractivity contribution >= 4 is 18.3 Å². The largest absolute Gasteiger partial charge is 0.436 e. The predicted molar refractivity (Wildman–Crippen MR) is 66.5 cm³/mol. The first kappa shape index (κ1) is 14.0. The minimum absolute atomic E-state index is 0. The normalized spacial score (nSPS) is 18.8. The summed E-state index contributed by atoms with van der Waals surface area (Å²) < 4.78 is 5.25. The summed E-state index contributed by atoms with van der Waals surface area (Å²) >= 11 is 0. The minimum atomic E-state index is -0.162. The molecule has 1 amide bonds. The third-order valence-electron chi connectivity index (χ3n) is 2.82. The quantitative estimate of drug-likeness (QED) is 0.852. The summed E-state index contributed by atoms with van der Waals surface area (Å²) in [6, 6.07) is 0. The standard InChI is InChI=1S/C11H17N3O2.ClH/c1-7-10(16-8(2)14-7)11(15)13-6-9-3-4-12-5-9;/h9,12H,3-6H2,1-2H3,(H,13,15);1H. The molecule has 0 saturated carbocycles. The number of oxazole rings is 1. The first-order valence-corrected chi connectivity index (χ1v) is 5.59. The Bertz CT molecular complexity index is 386. The summed E-state index contributed by atoms with van der Waals surface area (Å²) in [5, 5.41) is 6.15. The molecule has 2 N–H and O–H groups in total. The van der Waals surface area contributed by atoms with Gasteiger partial charge in [0.15, 0.2) is 5.89 Å². The van der Waals surface area contributed by atoms with Crippen molar-refractivity contribution in [1.29, 1.82) is 0 Å². The Morgan fingerprint density at radius 2 is 2.35 bits per heavy atom. The highest BCUT2D eigenvalue weighted by Gasteiger charge is 2.19. The molecule has 1 saturated heterocycles. The van der Waals surface area contributed by atoms with E-state index in [1.165, 1.54) is 0 Å². The Morgan fingerprint density at radius 3 is 2.88 bits per heavy atom. The lowest BCUT2D eigenvalue weighted by atomic mass is 10.1. The van der Waals surface area contributed by atoms with Crippen LogP contribution in [0, 0.1) is 19.8 Å². The van der Waals surface area contributed by atoms with Crippen LogP contribution >= 0.6 is 12.4 Å². The Labute approximate surface area is 107 Å². The second-order valence-corrected chi connectivity index (χ2v) is 4.22. The molecule has 5 nitrogen and oxygen atoms in total. The summed E-state index contributed by atoms with van der Waals surface area (Å²) in [7, 11) is 0. The molecule has 0 radical (unpaired) electrons. The number of aromatic nitrogens is 1. The molecular formula is C11H18ClN3O2. The number of rotatable bonds is 3. The lowest BCUT2D eigenvalue weighted by molar-refractivity contribution is 0.0918. The average Bonchev–Trinajstić information content (AvgIpc) is 2.84. The molecule has 0 aliphatic carbocycles. The number of nitrogens with zero attached hydrogens (tertiary/aromatic N) is 1. The van der Waals surface area contributed by atoms with Crippen LogP contribution in [0.5, 0.6) is 0 Å². The van der Waals surface area contributed by atoms with Gasteiger partial charge in [-0.1, -0.05) is 0 Å². The van der Waals surface area contributed by atoms with Crippen molar-refractivity contribution in [2.75, 3.05) is 19.6 Å². The zero-order valence-electron chi connectivity index (χ0n) is 10.1. The molecule has 0 bridgehead atoms. The van der Waals surface area contributed by atoms with Crippen molar-refractivity contribution in [2.24, 2.45) is 5.92 Å². The Hall–Kier alpha value is -1.07. The average molecular weight is 260 g/mol. The summed E-state index contributed by atoms with van der Waals surface area (Å²) in [4.78, 5) is 15.8. The van der Waals surface area contributed by atoms with Gasteiger partial charge < -0.3 is 15.1 Å². The molecule has 0 spiro atoms. The van der Waals surface area contributed by atoms with Gasteiger partial charge in [0.25, 0.3) is 5.91 Å². The zero-order chi connectivity index (χ0) is 11.5. The molecule has 1 unspecified atom stereocenters. The van der Waals surface area contributed by atoms with Crippen LogP contribution in [0.4, 0.5) is 0 Å². The lowest BCUT2D eigenvalue weighted by Crippen LogP contribution is -2.30. The van der Waals surface area contributed by atoms with E-state index in [-0.39, 0.29) is 18.3 Å². The number of hydrogen-bond donors (Lipinski definition) is 2. The van der Waals surface area contributed by atoms with Gasteiger partial charge in [-0.2, -0.15) is 0 Å². The molecule has 2 heterocycles. The maximum atomic E-state index is 11.8. The smallest absolute Gasteiger partial charge is 0.289 e. The van der Waals surface area contributed by atoms with E-state index in [1.54, 1.807) is 13.8 Å². The van der Waals surface area contributed by atoms with E-state index in [0.717, 1.165) is 19.5 Å². The maximum Gasteiger partial charge on any atom is 0.289 e. The topological polar surface area (TPSA) is 67.2 Å². The van der Waals surface area contributed by atoms with Crippen molar-refractivity contribution in [3.05, 3.63) is 17.3 Å². The predicted octanol–water partition coefficient (Wildman–Crippen LogP) is 1.05. The first-order chi connectivity index (χ1) is 7.66. The number of nitrogens with one attached hydrogen (secondary N) is 2. The van der Waals surface area contributed by atoms with Crippen LogP contribution in [0.2, 0.25) is 0 Å². The van der Waals surface area contributed by atoms with E-state index in [1.807, 2.05) is 0 Å². The second kappa shape index (κ2) is 6.02. The van der Waals surface area contributed by atoms with Crippen molar-refractivity contribution < 1.29 is 9.21 Å². The molecule has 2 rings (SSSR count). The highest BCUT2D eigenvalue weighted by Crippen LogP contribution is 2.10. The van der Waals surface area contributed by atoms with Gasteiger partial charge in [0.05, 0.1) is 5.69 Å². The summed E-state index contributed by atoms with van der Waals surface area (Å²) in [5.41, 5.74) is 0.652. The lowest BCUT2D eigenvalue weighted by Gasteiger charge is -2.08. The summed E-state index contributed by atoms with van der Waals surface area (Å²) in [5.74, 6) is 1.24. The molecule has 1 atom stereocenters. The van der Waals surface area contributed by atoms with Gasteiger partial charge in [-0.15, -0.1) is 12.4 Å². The van der Waals surface area contributed by atoms with Gasteiger partial charge >= 0.3 is 0 Å². The molecule has 96 valence electrons. The van der Waals surface area contributed by atoms with Gasteiger partial charge in [-0.3, -0.25) is 4.79 Å². The van der Waals surface area contributed by atoms with E-state index in [0.29, 0.717) is 29.8 Å². The summed E-state index contributed by atoms with van der Waals surface area (Å²) in [6.07, 6.45) is 1.12. The second-order valence-electron chi connectivity index (χ2n) is 4.22. The van der Waals surface area contributed by atoms with Crippen LogP contribution in [0.1, 0.15) is 28.6 Å². The van der Waals surface area contributed by atoms with Crippen LogP contribution in [-0.2, 0) is 0 Å². The molecule has 1 aromatic heterocycles. The number of carbonyl (C=O) groups excluding carboxylic acids is 1. The van der Waals surface area contributed by atoms with Crippen LogP contribution in [0.25, 0.3) is 0 Å². The van der Waals surface area contributed by atoms with E-state index in [4.69, 9.17) is 4.42 Å². The maximum absolute atomic E-state index is 11.8. The van der Waals surface area contributed by atoms with Crippen molar-refractivity contribution in [3.8, 4) is 0 Å². The SMILES string of the molecule is Cc1nc(C)c(C(=O)NCC2CCNC2)o1.Cl. The minimum Gasteiger partial charge on any atom is -0.436 e. The van der Waals surface area contributed by atoms with E-state index >= 15 is 0 Å². The van der Waals surface area contributed by atoms with Gasteiger partial charge in [-0.25, -0.2) is 4.98 Å². The van der Waals surface area contributed by atoms with Crippen molar-refractivity contribution in [1.82, 2.24) is 15.6 Å². The molecule has 1 aliphatic heterocycles. The number of carbonyl (C=O) groups is 1. The number of amides is 1. The fourth-order valence-electron chi connectivity index (χ4n) is 1.95. The molecule has 1 fully saturated rings. The van der Waals surface area contributed by atoms with Crippen LogP contribution in [-0.4, -0.2) is 30.5 Å². The monoisotopic (exact) mass is 259 g/mol. The third kappa shape index (κ3) is 3.44. The molecular weight excluding hydrogens is 242 g/mol. The van der Waals surface area contributed by atoms with Crippen LogP contribution in [0.3, 0.4) is 0 Å². The van der Waals surface area contributed by atoms with Gasteiger partial charge in [0.2, 0.25) is 5.76 Å². The van der Waals surface area contributed by atoms with Gasteiger partial charge in [0.1, 0.15) is 0 Å². The Kier molecular flexibility index (Phi) is 4.96. The highest BCUT2D eigenvalue weighted by atomic mass is 35.5. The number of aryl methyl sites for hydroxylation is 2. The molecule has 0 aromatic carbocycles. The molecule has 1 aliphatic rings. The van der Waals surface area contributed by atoms with Crippen LogP contribution < -0.4 is 10.6 Å². The fraction of sp³-hybridized carbons (Fsp3) is 0.636. The van der Waals surface area contributed by atoms with E-state index in [2.05, 4.69) is 15.6 Å². The van der Waals surface area contributed by atoms with Crippen molar-refractivity contribution in [2.45, 2.75) is 20.3 Å². The van der Waals surface area contributed by atoms with Crippen molar-refractivity contribution in [3.63, 3.8) is 0 Å². The van der Waals surface area contributed by atoms with E-state index < -0.39 is 0 Å². The Balaban J connectivity index is 0.00000144. The highest BCUT2D eigenvalue weighted by molar-refractivity contribution is 5.92. The van der Waals surface area contributed by atoms with E-state index in [9.17, 15) is 4.79 Å². The van der Waals surface area contributed by atoms with Gasteiger partial charge in [-0.05, 0) is 32.4 Å². The summed E-state index contributed by atoms with van der Waals surface area (Å²) in [6.45, 7) is 6.24. The van der Waals surface area contributed by atoms with Crippen LogP contribution in [0.15, 0.2) is 4.42 Å². The first-order valence-electron chi connectivity index (χ1n) is 5.59. The zero-order valence-corrected chi connectivity index (χ0v) is 10.9. The number of hydrogen-bond acceptors (Lipinski definition) is 4. The number of halogens is 1. The third-order valence-corrected chi connectivity index (χ3v) is 2.82. The molecule has 1 aromatic rings. The van der Waals surface area contributed by atoms with Gasteiger partial charge in [0, 0.05) is 13.5 Å². The Morgan fingerprint density at radius 1 is 1.59 bits per heavy atom. The fourth-order valence-corrected chi connectivity index (χ4v) is 1.95. The molecule has 17 heavy (non-hydrogen) atoms.